The minimum atomic E-state index is -0.0589. The summed E-state index contributed by atoms with van der Waals surface area (Å²) in [6, 6.07) is 13.7. The van der Waals surface area contributed by atoms with Crippen LogP contribution in [0, 0.1) is 0 Å². The Balaban J connectivity index is 1.52. The van der Waals surface area contributed by atoms with Gasteiger partial charge in [-0.25, -0.2) is 9.78 Å². The number of urea groups is 1. The van der Waals surface area contributed by atoms with E-state index >= 15 is 0 Å². The van der Waals surface area contributed by atoms with Crippen LogP contribution in [0.5, 0.6) is 0 Å². The van der Waals surface area contributed by atoms with Crippen LogP contribution in [-0.4, -0.2) is 22.0 Å². The molecule has 1 aliphatic carbocycles. The lowest BCUT2D eigenvalue weighted by Crippen LogP contribution is -2.45. The second-order valence-corrected chi connectivity index (χ2v) is 7.63. The SMILES string of the molecule is O=C(Nc1ccc(Cl)cc1)N(Cc1ccc2ncsc2c1)C1CCC1. The molecule has 1 N–H and O–H groups in total. The van der Waals surface area contributed by atoms with Crippen molar-refractivity contribution < 1.29 is 4.79 Å². The predicted octanol–water partition coefficient (Wildman–Crippen LogP) is 5.54. The Morgan fingerprint density at radius 3 is 2.76 bits per heavy atom. The molecule has 0 saturated heterocycles. The van der Waals surface area contributed by atoms with E-state index in [2.05, 4.69) is 22.4 Å². The maximum atomic E-state index is 12.8. The van der Waals surface area contributed by atoms with Crippen molar-refractivity contribution in [3.05, 3.63) is 58.6 Å². The van der Waals surface area contributed by atoms with Crippen LogP contribution in [0.15, 0.2) is 48.0 Å². The van der Waals surface area contributed by atoms with E-state index in [4.69, 9.17) is 11.6 Å². The largest absolute Gasteiger partial charge is 0.322 e. The molecule has 1 aromatic heterocycles. The van der Waals surface area contributed by atoms with Crippen LogP contribution in [0.25, 0.3) is 10.2 Å². The molecule has 0 radical (unpaired) electrons. The number of carbonyl (C=O) groups excluding carboxylic acids is 1. The van der Waals surface area contributed by atoms with Crippen molar-refractivity contribution in [2.45, 2.75) is 31.8 Å². The lowest BCUT2D eigenvalue weighted by atomic mass is 9.91. The van der Waals surface area contributed by atoms with Gasteiger partial charge in [0.05, 0.1) is 15.7 Å². The summed E-state index contributed by atoms with van der Waals surface area (Å²) in [5.41, 5.74) is 4.76. The summed E-state index contributed by atoms with van der Waals surface area (Å²) in [5, 5.41) is 3.65. The summed E-state index contributed by atoms with van der Waals surface area (Å²) in [7, 11) is 0. The molecule has 0 aliphatic heterocycles. The first-order valence-electron chi connectivity index (χ1n) is 8.34. The van der Waals surface area contributed by atoms with Gasteiger partial charge in [0.15, 0.2) is 0 Å². The molecule has 4 nitrogen and oxygen atoms in total. The Bertz CT molecular complexity index is 889. The van der Waals surface area contributed by atoms with E-state index in [1.165, 1.54) is 6.42 Å². The average molecular weight is 372 g/mol. The van der Waals surface area contributed by atoms with Gasteiger partial charge in [0, 0.05) is 23.3 Å². The normalized spacial score (nSPS) is 14.3. The molecule has 2 aromatic carbocycles. The van der Waals surface area contributed by atoms with E-state index in [1.54, 1.807) is 23.5 Å². The quantitative estimate of drug-likeness (QED) is 0.654. The number of benzene rings is 2. The third-order valence-electron chi connectivity index (χ3n) is 4.62. The van der Waals surface area contributed by atoms with Crippen LogP contribution in [0.4, 0.5) is 10.5 Å². The van der Waals surface area contributed by atoms with Crippen LogP contribution in [0.2, 0.25) is 5.02 Å². The van der Waals surface area contributed by atoms with Crippen molar-refractivity contribution in [2.24, 2.45) is 0 Å². The maximum absolute atomic E-state index is 12.8. The van der Waals surface area contributed by atoms with Crippen molar-refractivity contribution in [1.29, 1.82) is 0 Å². The number of amides is 2. The number of thiazole rings is 1. The van der Waals surface area contributed by atoms with Gasteiger partial charge in [-0.2, -0.15) is 0 Å². The number of carbonyl (C=O) groups is 1. The molecule has 1 heterocycles. The van der Waals surface area contributed by atoms with Crippen molar-refractivity contribution in [1.82, 2.24) is 9.88 Å². The number of hydrogen-bond acceptors (Lipinski definition) is 3. The number of anilines is 1. The van der Waals surface area contributed by atoms with Gasteiger partial charge in [-0.15, -0.1) is 11.3 Å². The standard InChI is InChI=1S/C19H18ClN3OS/c20-14-5-7-15(8-6-14)22-19(24)23(16-2-1-3-16)11-13-4-9-17-18(10-13)25-12-21-17/h4-10,12,16H,1-3,11H2,(H,22,24). The van der Waals surface area contributed by atoms with Crippen LogP contribution in [0.3, 0.4) is 0 Å². The highest BCUT2D eigenvalue weighted by Gasteiger charge is 2.29. The van der Waals surface area contributed by atoms with Gasteiger partial charge in [-0.3, -0.25) is 0 Å². The van der Waals surface area contributed by atoms with E-state index < -0.39 is 0 Å². The smallest absolute Gasteiger partial charge is 0.317 e. The molecule has 0 unspecified atom stereocenters. The lowest BCUT2D eigenvalue weighted by Gasteiger charge is -2.37. The number of nitrogens with one attached hydrogen (secondary N) is 1. The van der Waals surface area contributed by atoms with Crippen LogP contribution in [0.1, 0.15) is 24.8 Å². The van der Waals surface area contributed by atoms with Gasteiger partial charge in [0.25, 0.3) is 0 Å². The molecule has 2 amide bonds. The van der Waals surface area contributed by atoms with Gasteiger partial charge < -0.3 is 10.2 Å². The Morgan fingerprint density at radius 2 is 2.04 bits per heavy atom. The Morgan fingerprint density at radius 1 is 1.24 bits per heavy atom. The second-order valence-electron chi connectivity index (χ2n) is 6.30. The molecular weight excluding hydrogens is 354 g/mol. The summed E-state index contributed by atoms with van der Waals surface area (Å²) in [4.78, 5) is 19.1. The molecule has 6 heteroatoms. The molecule has 1 aliphatic rings. The molecule has 1 fully saturated rings. The van der Waals surface area contributed by atoms with Gasteiger partial charge >= 0.3 is 6.03 Å². The maximum Gasteiger partial charge on any atom is 0.322 e. The first-order chi connectivity index (χ1) is 12.2. The van der Waals surface area contributed by atoms with E-state index in [0.29, 0.717) is 17.6 Å². The molecule has 25 heavy (non-hydrogen) atoms. The number of rotatable bonds is 4. The number of aromatic nitrogens is 1. The van der Waals surface area contributed by atoms with Crippen LogP contribution >= 0.6 is 22.9 Å². The fourth-order valence-electron chi connectivity index (χ4n) is 2.99. The molecule has 0 spiro atoms. The van der Waals surface area contributed by atoms with Crippen molar-refractivity contribution >= 4 is 44.9 Å². The van der Waals surface area contributed by atoms with Crippen LogP contribution in [-0.2, 0) is 6.54 Å². The highest BCUT2D eigenvalue weighted by atomic mass is 35.5. The van der Waals surface area contributed by atoms with E-state index in [9.17, 15) is 4.79 Å². The predicted molar refractivity (Wildman–Crippen MR) is 103 cm³/mol. The monoisotopic (exact) mass is 371 g/mol. The highest BCUT2D eigenvalue weighted by Crippen LogP contribution is 2.28. The molecule has 4 rings (SSSR count). The third kappa shape index (κ3) is 3.62. The Hall–Kier alpha value is -2.11. The first-order valence-corrected chi connectivity index (χ1v) is 9.60. The molecule has 3 aromatic rings. The molecular formula is C19H18ClN3OS. The Kier molecular flexibility index (Phi) is 4.59. The summed E-state index contributed by atoms with van der Waals surface area (Å²) in [6.07, 6.45) is 3.32. The van der Waals surface area contributed by atoms with Crippen molar-refractivity contribution in [3.63, 3.8) is 0 Å². The van der Waals surface area contributed by atoms with Gasteiger partial charge in [-0.1, -0.05) is 17.7 Å². The first kappa shape index (κ1) is 16.4. The second kappa shape index (κ2) is 7.02. The Labute approximate surface area is 155 Å². The minimum absolute atomic E-state index is 0.0589. The number of hydrogen-bond donors (Lipinski definition) is 1. The number of nitrogens with zero attached hydrogens (tertiary/aromatic N) is 2. The minimum Gasteiger partial charge on any atom is -0.317 e. The summed E-state index contributed by atoms with van der Waals surface area (Å²) < 4.78 is 1.16. The van der Waals surface area contributed by atoms with Crippen LogP contribution < -0.4 is 5.32 Å². The summed E-state index contributed by atoms with van der Waals surface area (Å²) >= 11 is 7.54. The van der Waals surface area contributed by atoms with Gasteiger partial charge in [0.2, 0.25) is 0 Å². The fraction of sp³-hybridized carbons (Fsp3) is 0.263. The zero-order chi connectivity index (χ0) is 17.2. The van der Waals surface area contributed by atoms with Crippen molar-refractivity contribution in [2.75, 3.05) is 5.32 Å². The third-order valence-corrected chi connectivity index (χ3v) is 5.66. The lowest BCUT2D eigenvalue weighted by molar-refractivity contribution is 0.143. The molecule has 0 bridgehead atoms. The molecule has 128 valence electrons. The van der Waals surface area contributed by atoms with E-state index in [1.807, 2.05) is 28.6 Å². The summed E-state index contributed by atoms with van der Waals surface area (Å²) in [5.74, 6) is 0. The average Bonchev–Trinajstić information content (AvgIpc) is 3.02. The van der Waals surface area contributed by atoms with Crippen molar-refractivity contribution in [3.8, 4) is 0 Å². The van der Waals surface area contributed by atoms with E-state index in [-0.39, 0.29) is 6.03 Å². The zero-order valence-corrected chi connectivity index (χ0v) is 15.2. The topological polar surface area (TPSA) is 45.2 Å². The highest BCUT2D eigenvalue weighted by molar-refractivity contribution is 7.16. The molecule has 1 saturated carbocycles. The fourth-order valence-corrected chi connectivity index (χ4v) is 3.85. The van der Waals surface area contributed by atoms with Gasteiger partial charge in [-0.05, 0) is 61.2 Å². The zero-order valence-electron chi connectivity index (χ0n) is 13.6. The van der Waals surface area contributed by atoms with E-state index in [0.717, 1.165) is 34.3 Å². The van der Waals surface area contributed by atoms with Gasteiger partial charge in [0.1, 0.15) is 0 Å². The summed E-state index contributed by atoms with van der Waals surface area (Å²) in [6.45, 7) is 0.609. The number of fused-ring (bicyclic) bond motifs is 1. The molecule has 0 atom stereocenters. The number of halogens is 1.